The predicted molar refractivity (Wildman–Crippen MR) is 70.8 cm³/mol. The third-order valence-electron chi connectivity index (χ3n) is 3.46. The van der Waals surface area contributed by atoms with Gasteiger partial charge in [-0.25, -0.2) is 4.98 Å². The summed E-state index contributed by atoms with van der Waals surface area (Å²) in [7, 11) is 0. The Bertz CT molecular complexity index is 537. The molecule has 1 heterocycles. The topological polar surface area (TPSA) is 62.2 Å². The zero-order chi connectivity index (χ0) is 15.6. The number of pyridine rings is 1. The molecule has 4 nitrogen and oxygen atoms in total. The normalized spacial score (nSPS) is 22.9. The maximum atomic E-state index is 12.5. The van der Waals surface area contributed by atoms with Crippen molar-refractivity contribution in [3.05, 3.63) is 23.0 Å². The molecule has 1 aliphatic rings. The van der Waals surface area contributed by atoms with Crippen LogP contribution in [0.15, 0.2) is 12.1 Å². The molecule has 1 aromatic rings. The first-order valence-corrected chi connectivity index (χ1v) is 6.89. The van der Waals surface area contributed by atoms with Crippen molar-refractivity contribution in [3.63, 3.8) is 0 Å². The van der Waals surface area contributed by atoms with Crippen LogP contribution >= 0.6 is 11.6 Å². The molecule has 2 atom stereocenters. The van der Waals surface area contributed by atoms with E-state index in [4.69, 9.17) is 11.6 Å². The van der Waals surface area contributed by atoms with E-state index in [1.54, 1.807) is 0 Å². The summed E-state index contributed by atoms with van der Waals surface area (Å²) < 4.78 is 37.4. The number of aliphatic hydroxyl groups is 1. The van der Waals surface area contributed by atoms with E-state index in [9.17, 15) is 23.1 Å². The van der Waals surface area contributed by atoms with Crippen molar-refractivity contribution in [3.8, 4) is 0 Å². The molecule has 0 aliphatic heterocycles. The van der Waals surface area contributed by atoms with E-state index >= 15 is 0 Å². The average molecular weight is 323 g/mol. The molecule has 0 spiro atoms. The van der Waals surface area contributed by atoms with Crippen LogP contribution in [0.4, 0.5) is 18.9 Å². The van der Waals surface area contributed by atoms with Crippen LogP contribution in [0, 0.1) is 5.92 Å². The minimum Gasteiger partial charge on any atom is -0.392 e. The second kappa shape index (κ2) is 6.19. The highest BCUT2D eigenvalue weighted by Gasteiger charge is 2.34. The number of aliphatic hydroxyl groups excluding tert-OH is 1. The first kappa shape index (κ1) is 16.0. The van der Waals surface area contributed by atoms with Gasteiger partial charge in [0, 0.05) is 0 Å². The second-order valence-corrected chi connectivity index (χ2v) is 5.34. The Hall–Kier alpha value is -1.34. The van der Waals surface area contributed by atoms with Gasteiger partial charge in [0.1, 0.15) is 5.69 Å². The second-order valence-electron chi connectivity index (χ2n) is 4.98. The van der Waals surface area contributed by atoms with Crippen molar-refractivity contribution >= 4 is 23.2 Å². The molecule has 8 heteroatoms. The van der Waals surface area contributed by atoms with Gasteiger partial charge in [-0.15, -0.1) is 0 Å². The smallest absolute Gasteiger partial charge is 0.392 e. The Balaban J connectivity index is 2.11. The van der Waals surface area contributed by atoms with E-state index in [-0.39, 0.29) is 5.69 Å². The standard InChI is InChI=1S/C13H14ClF3N2O2/c14-11-8(5-6-10(19-11)13(15,16)17)18-12(21)7-3-1-2-4-9(7)20/h5-7,9,20H,1-4H2,(H,18,21). The van der Waals surface area contributed by atoms with Crippen molar-refractivity contribution in [2.45, 2.75) is 38.0 Å². The van der Waals surface area contributed by atoms with Crippen LogP contribution in [-0.2, 0) is 11.0 Å². The molecule has 0 saturated heterocycles. The fourth-order valence-corrected chi connectivity index (χ4v) is 2.53. The Morgan fingerprint density at radius 1 is 1.33 bits per heavy atom. The van der Waals surface area contributed by atoms with E-state index in [0.717, 1.165) is 25.0 Å². The number of carbonyl (C=O) groups is 1. The molecule has 1 amide bonds. The maximum absolute atomic E-state index is 12.5. The molecular formula is C13H14ClF3N2O2. The van der Waals surface area contributed by atoms with Crippen LogP contribution in [0.1, 0.15) is 31.4 Å². The minimum atomic E-state index is -4.59. The fourth-order valence-electron chi connectivity index (χ4n) is 2.33. The monoisotopic (exact) mass is 322 g/mol. The summed E-state index contributed by atoms with van der Waals surface area (Å²) in [5.74, 6) is -1.03. The number of amides is 1. The maximum Gasteiger partial charge on any atom is 0.433 e. The lowest BCUT2D eigenvalue weighted by molar-refractivity contribution is -0.141. The molecule has 1 aliphatic carbocycles. The molecule has 1 aromatic heterocycles. The largest absolute Gasteiger partial charge is 0.433 e. The number of nitrogens with one attached hydrogen (secondary N) is 1. The van der Waals surface area contributed by atoms with Gasteiger partial charge in [0.05, 0.1) is 17.7 Å². The zero-order valence-electron chi connectivity index (χ0n) is 11.0. The lowest BCUT2D eigenvalue weighted by Gasteiger charge is -2.26. The Morgan fingerprint density at radius 3 is 2.57 bits per heavy atom. The molecule has 2 rings (SSSR count). The number of hydrogen-bond donors (Lipinski definition) is 2. The number of alkyl halides is 3. The summed E-state index contributed by atoms with van der Waals surface area (Å²) in [5, 5.41) is 11.8. The first-order chi connectivity index (χ1) is 9.79. The highest BCUT2D eigenvalue weighted by molar-refractivity contribution is 6.32. The summed E-state index contributed by atoms with van der Waals surface area (Å²) in [6, 6.07) is 1.81. The van der Waals surface area contributed by atoms with Crippen LogP contribution in [0.5, 0.6) is 0 Å². The predicted octanol–water partition coefficient (Wildman–Crippen LogP) is 3.24. The molecule has 0 aromatic carbocycles. The van der Waals surface area contributed by atoms with Crippen LogP contribution in [0.25, 0.3) is 0 Å². The van der Waals surface area contributed by atoms with Gasteiger partial charge in [0.25, 0.3) is 0 Å². The van der Waals surface area contributed by atoms with Gasteiger partial charge in [0.2, 0.25) is 5.91 Å². The molecule has 21 heavy (non-hydrogen) atoms. The molecular weight excluding hydrogens is 309 g/mol. The fraction of sp³-hybridized carbons (Fsp3) is 0.538. The number of hydrogen-bond acceptors (Lipinski definition) is 3. The van der Waals surface area contributed by atoms with Crippen molar-refractivity contribution in [1.29, 1.82) is 0 Å². The van der Waals surface area contributed by atoms with Gasteiger partial charge in [-0.2, -0.15) is 13.2 Å². The van der Waals surface area contributed by atoms with Gasteiger partial charge in [-0.05, 0) is 25.0 Å². The quantitative estimate of drug-likeness (QED) is 0.822. The van der Waals surface area contributed by atoms with E-state index < -0.39 is 35.0 Å². The summed E-state index contributed by atoms with van der Waals surface area (Å²) in [6.07, 6.45) is -2.57. The average Bonchev–Trinajstić information content (AvgIpc) is 2.40. The number of anilines is 1. The van der Waals surface area contributed by atoms with Gasteiger partial charge >= 0.3 is 6.18 Å². The summed E-state index contributed by atoms with van der Waals surface area (Å²) in [6.45, 7) is 0. The molecule has 116 valence electrons. The van der Waals surface area contributed by atoms with Crippen molar-refractivity contribution in [2.75, 3.05) is 5.32 Å². The number of halogens is 4. The Labute approximate surface area is 124 Å². The SMILES string of the molecule is O=C(Nc1ccc(C(F)(F)F)nc1Cl)C1CCCCC1O. The van der Waals surface area contributed by atoms with E-state index in [2.05, 4.69) is 10.3 Å². The lowest BCUT2D eigenvalue weighted by Crippen LogP contribution is -2.35. The molecule has 1 saturated carbocycles. The van der Waals surface area contributed by atoms with Gasteiger partial charge in [-0.1, -0.05) is 24.4 Å². The molecule has 2 unspecified atom stereocenters. The molecule has 0 radical (unpaired) electrons. The molecule has 1 fully saturated rings. The lowest BCUT2D eigenvalue weighted by atomic mass is 9.86. The van der Waals surface area contributed by atoms with Gasteiger partial charge in [-0.3, -0.25) is 4.79 Å². The van der Waals surface area contributed by atoms with Crippen molar-refractivity contribution in [2.24, 2.45) is 5.92 Å². The van der Waals surface area contributed by atoms with Crippen molar-refractivity contribution in [1.82, 2.24) is 4.98 Å². The van der Waals surface area contributed by atoms with E-state index in [1.807, 2.05) is 0 Å². The van der Waals surface area contributed by atoms with E-state index in [1.165, 1.54) is 0 Å². The summed E-state index contributed by atoms with van der Waals surface area (Å²) in [5.41, 5.74) is -1.12. The van der Waals surface area contributed by atoms with Crippen LogP contribution < -0.4 is 5.32 Å². The highest BCUT2D eigenvalue weighted by atomic mass is 35.5. The zero-order valence-corrected chi connectivity index (χ0v) is 11.7. The van der Waals surface area contributed by atoms with Crippen LogP contribution in [0.2, 0.25) is 5.15 Å². The number of aromatic nitrogens is 1. The summed E-state index contributed by atoms with van der Waals surface area (Å²) >= 11 is 5.67. The number of rotatable bonds is 2. The van der Waals surface area contributed by atoms with Gasteiger partial charge < -0.3 is 10.4 Å². The Kier molecular flexibility index (Phi) is 4.73. The molecule has 0 bridgehead atoms. The number of carbonyl (C=O) groups excluding carboxylic acids is 1. The van der Waals surface area contributed by atoms with Gasteiger partial charge in [0.15, 0.2) is 5.15 Å². The van der Waals surface area contributed by atoms with Crippen LogP contribution in [0.3, 0.4) is 0 Å². The first-order valence-electron chi connectivity index (χ1n) is 6.51. The third-order valence-corrected chi connectivity index (χ3v) is 3.75. The Morgan fingerprint density at radius 2 is 2.00 bits per heavy atom. The number of nitrogens with zero attached hydrogens (tertiary/aromatic N) is 1. The minimum absolute atomic E-state index is 0.00689. The highest BCUT2D eigenvalue weighted by Crippen LogP contribution is 2.32. The van der Waals surface area contributed by atoms with E-state index in [0.29, 0.717) is 12.8 Å². The molecule has 2 N–H and O–H groups in total. The van der Waals surface area contributed by atoms with Crippen LogP contribution in [-0.4, -0.2) is 22.1 Å². The summed E-state index contributed by atoms with van der Waals surface area (Å²) in [4.78, 5) is 15.3. The third kappa shape index (κ3) is 3.85. The van der Waals surface area contributed by atoms with Crippen molar-refractivity contribution < 1.29 is 23.1 Å².